The first-order valence-corrected chi connectivity index (χ1v) is 10.9. The van der Waals surface area contributed by atoms with Gasteiger partial charge in [0, 0.05) is 27.1 Å². The molecule has 170 valence electrons. The van der Waals surface area contributed by atoms with Crippen LogP contribution in [0.5, 0.6) is 0 Å². The number of nitrogens with zero attached hydrogens (tertiary/aromatic N) is 4. The van der Waals surface area contributed by atoms with Crippen LogP contribution in [0.15, 0.2) is 58.1 Å². The number of aromatic nitrogens is 4. The van der Waals surface area contributed by atoms with Crippen LogP contribution in [0.4, 0.5) is 0 Å². The van der Waals surface area contributed by atoms with E-state index < -0.39 is 11.7 Å². The molecular weight excluding hydrogens is 420 g/mol. The third kappa shape index (κ3) is 4.00. The zero-order valence-electron chi connectivity index (χ0n) is 18.9. The summed E-state index contributed by atoms with van der Waals surface area (Å²) in [5.41, 5.74) is 2.67. The molecule has 0 aliphatic rings. The minimum absolute atomic E-state index is 0.247. The van der Waals surface area contributed by atoms with E-state index in [1.165, 1.54) is 11.6 Å². The maximum Gasteiger partial charge on any atom is 0.336 e. The summed E-state index contributed by atoms with van der Waals surface area (Å²) in [7, 11) is 3.10. The predicted octanol–water partition coefficient (Wildman–Crippen LogP) is 3.19. The van der Waals surface area contributed by atoms with Gasteiger partial charge in [-0.2, -0.15) is 0 Å². The maximum atomic E-state index is 13.0. The molecule has 0 atom stereocenters. The molecule has 8 nitrogen and oxygen atoms in total. The summed E-state index contributed by atoms with van der Waals surface area (Å²) in [4.78, 5) is 41.6. The number of carbonyl (C=O) groups is 1. The van der Waals surface area contributed by atoms with E-state index in [1.807, 2.05) is 34.9 Å². The molecule has 0 spiro atoms. The molecule has 33 heavy (non-hydrogen) atoms. The van der Waals surface area contributed by atoms with Crippen molar-refractivity contribution in [3.8, 4) is 11.1 Å². The van der Waals surface area contributed by atoms with Crippen molar-refractivity contribution in [2.75, 3.05) is 0 Å². The normalized spacial score (nSPS) is 11.2. The van der Waals surface area contributed by atoms with E-state index in [-0.39, 0.29) is 11.1 Å². The standard InChI is InChI=1S/C25H26N4O4/c1-4-5-10-20-26-22-21(23(30)28(3)25(33)27(22)2)29(20)15-16-11-13-17(14-12-16)18-8-6-7-9-19(18)24(31)32/h6-9,11-14H,4-5,10,15H2,1-3H3,(H,31,32). The number of rotatable bonds is 7. The number of carboxylic acid groups (broad SMARTS) is 1. The molecule has 0 saturated carbocycles. The fourth-order valence-electron chi connectivity index (χ4n) is 4.08. The van der Waals surface area contributed by atoms with Crippen LogP contribution in [0.2, 0.25) is 0 Å². The molecular formula is C25H26N4O4. The molecule has 1 N–H and O–H groups in total. The lowest BCUT2D eigenvalue weighted by Gasteiger charge is -2.11. The number of hydrogen-bond donors (Lipinski definition) is 1. The number of aromatic carboxylic acids is 1. The molecule has 2 aromatic carbocycles. The fraction of sp³-hybridized carbons (Fsp3) is 0.280. The molecule has 2 aromatic heterocycles. The van der Waals surface area contributed by atoms with Gasteiger partial charge in [0.15, 0.2) is 11.2 Å². The van der Waals surface area contributed by atoms with Gasteiger partial charge in [-0.3, -0.25) is 13.9 Å². The molecule has 4 rings (SSSR count). The molecule has 0 radical (unpaired) electrons. The highest BCUT2D eigenvalue weighted by atomic mass is 16.4. The summed E-state index contributed by atoms with van der Waals surface area (Å²) >= 11 is 0. The summed E-state index contributed by atoms with van der Waals surface area (Å²) < 4.78 is 4.41. The van der Waals surface area contributed by atoms with Crippen molar-refractivity contribution in [1.82, 2.24) is 18.7 Å². The van der Waals surface area contributed by atoms with Crippen LogP contribution in [-0.4, -0.2) is 29.8 Å². The topological polar surface area (TPSA) is 99.1 Å². The Balaban J connectivity index is 1.78. The molecule has 8 heteroatoms. The van der Waals surface area contributed by atoms with E-state index in [9.17, 15) is 19.5 Å². The average molecular weight is 447 g/mol. The number of unbranched alkanes of at least 4 members (excludes halogenated alkanes) is 1. The van der Waals surface area contributed by atoms with Gasteiger partial charge in [0.05, 0.1) is 5.56 Å². The second kappa shape index (κ2) is 8.90. The molecule has 0 fully saturated rings. The van der Waals surface area contributed by atoms with E-state index >= 15 is 0 Å². The molecule has 0 amide bonds. The minimum Gasteiger partial charge on any atom is -0.478 e. The van der Waals surface area contributed by atoms with Crippen LogP contribution in [0.1, 0.15) is 41.5 Å². The largest absolute Gasteiger partial charge is 0.478 e. The van der Waals surface area contributed by atoms with E-state index in [1.54, 1.807) is 25.2 Å². The average Bonchev–Trinajstić information content (AvgIpc) is 3.18. The van der Waals surface area contributed by atoms with Crippen LogP contribution in [0.25, 0.3) is 22.3 Å². The van der Waals surface area contributed by atoms with Crippen molar-refractivity contribution < 1.29 is 9.90 Å². The van der Waals surface area contributed by atoms with Crippen molar-refractivity contribution >= 4 is 17.1 Å². The second-order valence-corrected chi connectivity index (χ2v) is 8.14. The van der Waals surface area contributed by atoms with E-state index in [0.29, 0.717) is 29.7 Å². The van der Waals surface area contributed by atoms with Crippen LogP contribution >= 0.6 is 0 Å². The number of imidazole rings is 1. The molecule has 0 aliphatic heterocycles. The number of carboxylic acids is 1. The lowest BCUT2D eigenvalue weighted by Crippen LogP contribution is -2.37. The summed E-state index contributed by atoms with van der Waals surface area (Å²) in [5, 5.41) is 9.48. The fourth-order valence-corrected chi connectivity index (χ4v) is 4.08. The third-order valence-electron chi connectivity index (χ3n) is 5.94. The first-order valence-electron chi connectivity index (χ1n) is 10.9. The van der Waals surface area contributed by atoms with Crippen LogP contribution in [0.3, 0.4) is 0 Å². The quantitative estimate of drug-likeness (QED) is 0.470. The molecule has 0 aliphatic carbocycles. The Morgan fingerprint density at radius 1 is 1.00 bits per heavy atom. The highest BCUT2D eigenvalue weighted by Crippen LogP contribution is 2.25. The van der Waals surface area contributed by atoms with Crippen molar-refractivity contribution in [1.29, 1.82) is 0 Å². The lowest BCUT2D eigenvalue weighted by molar-refractivity contribution is 0.0697. The Kier molecular flexibility index (Phi) is 6.00. The maximum absolute atomic E-state index is 13.0. The number of aryl methyl sites for hydroxylation is 2. The van der Waals surface area contributed by atoms with E-state index in [4.69, 9.17) is 0 Å². The zero-order valence-corrected chi connectivity index (χ0v) is 18.9. The Morgan fingerprint density at radius 3 is 2.36 bits per heavy atom. The van der Waals surface area contributed by atoms with Crippen molar-refractivity contribution in [3.63, 3.8) is 0 Å². The summed E-state index contributed by atoms with van der Waals surface area (Å²) in [6, 6.07) is 14.5. The Morgan fingerprint density at radius 2 is 1.70 bits per heavy atom. The zero-order chi connectivity index (χ0) is 23.7. The van der Waals surface area contributed by atoms with Gasteiger partial charge in [0.1, 0.15) is 5.82 Å². The van der Waals surface area contributed by atoms with Gasteiger partial charge in [-0.05, 0) is 29.2 Å². The van der Waals surface area contributed by atoms with Crippen molar-refractivity contribution in [2.45, 2.75) is 32.7 Å². The Labute approximate surface area is 190 Å². The molecule has 4 aromatic rings. The molecule has 0 unspecified atom stereocenters. The Bertz CT molecular complexity index is 1460. The number of fused-ring (bicyclic) bond motifs is 1. The third-order valence-corrected chi connectivity index (χ3v) is 5.94. The highest BCUT2D eigenvalue weighted by molar-refractivity contribution is 5.96. The monoisotopic (exact) mass is 446 g/mol. The molecule has 0 bridgehead atoms. The molecule has 2 heterocycles. The summed E-state index contributed by atoms with van der Waals surface area (Å²) in [6.45, 7) is 2.51. The van der Waals surface area contributed by atoms with Crippen LogP contribution < -0.4 is 11.2 Å². The van der Waals surface area contributed by atoms with Crippen molar-refractivity contribution in [3.05, 3.63) is 86.3 Å². The first kappa shape index (κ1) is 22.3. The van der Waals surface area contributed by atoms with Crippen LogP contribution in [-0.2, 0) is 27.1 Å². The van der Waals surface area contributed by atoms with Gasteiger partial charge in [0.2, 0.25) is 0 Å². The van der Waals surface area contributed by atoms with E-state index in [0.717, 1.165) is 34.4 Å². The summed E-state index contributed by atoms with van der Waals surface area (Å²) in [5.74, 6) is -0.202. The second-order valence-electron chi connectivity index (χ2n) is 8.14. The van der Waals surface area contributed by atoms with Gasteiger partial charge in [-0.1, -0.05) is 55.8 Å². The minimum atomic E-state index is -0.971. The van der Waals surface area contributed by atoms with Gasteiger partial charge in [0.25, 0.3) is 5.56 Å². The van der Waals surface area contributed by atoms with E-state index in [2.05, 4.69) is 11.9 Å². The van der Waals surface area contributed by atoms with Gasteiger partial charge >= 0.3 is 11.7 Å². The smallest absolute Gasteiger partial charge is 0.336 e. The first-order chi connectivity index (χ1) is 15.8. The SMILES string of the molecule is CCCCc1nc2c(c(=O)n(C)c(=O)n2C)n1Cc1ccc(-c2ccccc2C(=O)O)cc1. The summed E-state index contributed by atoms with van der Waals surface area (Å²) in [6.07, 6.45) is 2.60. The predicted molar refractivity (Wildman–Crippen MR) is 127 cm³/mol. The Hall–Kier alpha value is -3.94. The lowest BCUT2D eigenvalue weighted by atomic mass is 9.99. The van der Waals surface area contributed by atoms with Gasteiger partial charge in [-0.25, -0.2) is 14.6 Å². The number of hydrogen-bond acceptors (Lipinski definition) is 4. The highest BCUT2D eigenvalue weighted by Gasteiger charge is 2.19. The van der Waals surface area contributed by atoms with Crippen molar-refractivity contribution in [2.24, 2.45) is 14.1 Å². The van der Waals surface area contributed by atoms with Gasteiger partial charge in [-0.15, -0.1) is 0 Å². The molecule has 0 saturated heterocycles. The van der Waals surface area contributed by atoms with Crippen LogP contribution in [0, 0.1) is 0 Å². The van der Waals surface area contributed by atoms with Gasteiger partial charge < -0.3 is 9.67 Å². The number of benzene rings is 2.